The monoisotopic (exact) mass is 561 g/mol. The number of amides is 2. The first-order chi connectivity index (χ1) is 18.5. The molecule has 0 unspecified atom stereocenters. The van der Waals surface area contributed by atoms with Crippen LogP contribution in [0.15, 0.2) is 36.4 Å². The lowest BCUT2D eigenvalue weighted by molar-refractivity contribution is 0.0111. The minimum Gasteiger partial charge on any atom is -0.491 e. The number of ether oxygens (including phenoxy) is 4. The number of sulfonamides is 1. The molecule has 1 N–H and O–H groups in total. The number of likely N-dealkylation sites (N-methyl/N-ethyl adjacent to an activating group) is 1. The van der Waals surface area contributed by atoms with Crippen LogP contribution < -0.4 is 18.9 Å². The van der Waals surface area contributed by atoms with Gasteiger partial charge in [-0.3, -0.25) is 14.3 Å². The van der Waals surface area contributed by atoms with Gasteiger partial charge in [-0.1, -0.05) is 6.92 Å². The number of nitrogens with one attached hydrogen (secondary N) is 1. The van der Waals surface area contributed by atoms with Gasteiger partial charge in [-0.05, 0) is 44.2 Å². The molecule has 4 rings (SSSR count). The van der Waals surface area contributed by atoms with E-state index in [2.05, 4.69) is 4.72 Å². The number of carbonyl (C=O) groups is 2. The summed E-state index contributed by atoms with van der Waals surface area (Å²) in [7, 11) is -0.281. The zero-order chi connectivity index (χ0) is 28.3. The first-order valence-corrected chi connectivity index (χ1v) is 14.4. The van der Waals surface area contributed by atoms with Crippen molar-refractivity contribution in [2.24, 2.45) is 5.92 Å². The van der Waals surface area contributed by atoms with Gasteiger partial charge in [0.15, 0.2) is 11.5 Å². The van der Waals surface area contributed by atoms with Gasteiger partial charge in [0, 0.05) is 44.8 Å². The molecule has 0 fully saturated rings. The Morgan fingerprint density at radius 1 is 1.05 bits per heavy atom. The first kappa shape index (κ1) is 28.5. The van der Waals surface area contributed by atoms with E-state index >= 15 is 0 Å². The third kappa shape index (κ3) is 6.39. The summed E-state index contributed by atoms with van der Waals surface area (Å²) >= 11 is 0. The van der Waals surface area contributed by atoms with E-state index in [9.17, 15) is 18.0 Å². The number of benzene rings is 2. The SMILES string of the molecule is CCS(=O)(=O)Nc1ccc2c(c1)OC[C@@H](C)N(C(=O)c1ccc3c(c1)OCO3)C[C@@H](C)[C@H](OC)CN(C)C2=O. The van der Waals surface area contributed by atoms with Gasteiger partial charge in [0.1, 0.15) is 12.4 Å². The summed E-state index contributed by atoms with van der Waals surface area (Å²) in [5, 5.41) is 0. The fourth-order valence-electron chi connectivity index (χ4n) is 4.57. The average Bonchev–Trinajstić information content (AvgIpc) is 3.39. The molecule has 2 aromatic carbocycles. The van der Waals surface area contributed by atoms with E-state index in [1.807, 2.05) is 13.8 Å². The summed E-state index contributed by atoms with van der Waals surface area (Å²) in [6, 6.07) is 9.24. The van der Waals surface area contributed by atoms with Crippen LogP contribution in [0.3, 0.4) is 0 Å². The molecule has 2 amide bonds. The Balaban J connectivity index is 1.69. The third-order valence-corrected chi connectivity index (χ3v) is 8.29. The molecule has 0 saturated heterocycles. The molecule has 11 nitrogen and oxygen atoms in total. The highest BCUT2D eigenvalue weighted by Crippen LogP contribution is 2.33. The van der Waals surface area contributed by atoms with E-state index in [0.29, 0.717) is 23.6 Å². The number of nitrogens with zero attached hydrogens (tertiary/aromatic N) is 2. The van der Waals surface area contributed by atoms with Gasteiger partial charge in [-0.15, -0.1) is 0 Å². The minimum atomic E-state index is -3.54. The second kappa shape index (κ2) is 11.7. The van der Waals surface area contributed by atoms with Gasteiger partial charge in [0.2, 0.25) is 16.8 Å². The van der Waals surface area contributed by atoms with Gasteiger partial charge < -0.3 is 28.7 Å². The largest absolute Gasteiger partial charge is 0.491 e. The number of anilines is 1. The lowest BCUT2D eigenvalue weighted by Gasteiger charge is -2.36. The highest BCUT2D eigenvalue weighted by atomic mass is 32.2. The fraction of sp³-hybridized carbons (Fsp3) is 0.481. The maximum Gasteiger partial charge on any atom is 0.257 e. The molecule has 2 aliphatic rings. The fourth-order valence-corrected chi connectivity index (χ4v) is 5.20. The topological polar surface area (TPSA) is 124 Å². The lowest BCUT2D eigenvalue weighted by atomic mass is 10.0. The highest BCUT2D eigenvalue weighted by Gasteiger charge is 2.31. The Hall–Kier alpha value is -3.51. The van der Waals surface area contributed by atoms with Crippen molar-refractivity contribution in [1.29, 1.82) is 0 Å². The second-order valence-corrected chi connectivity index (χ2v) is 11.9. The van der Waals surface area contributed by atoms with Gasteiger partial charge in [-0.25, -0.2) is 8.42 Å². The molecular formula is C27H35N3O8S. The van der Waals surface area contributed by atoms with E-state index in [0.717, 1.165) is 0 Å². The van der Waals surface area contributed by atoms with E-state index in [-0.39, 0.29) is 66.5 Å². The minimum absolute atomic E-state index is 0.0641. The average molecular weight is 562 g/mol. The quantitative estimate of drug-likeness (QED) is 0.591. The Morgan fingerprint density at radius 2 is 1.79 bits per heavy atom. The second-order valence-electron chi connectivity index (χ2n) is 9.84. The zero-order valence-electron chi connectivity index (χ0n) is 22.8. The standard InChI is InChI=1S/C27H35N3O8S/c1-6-39(33,34)28-20-8-9-21-23(12-20)36-15-18(3)30(13-17(2)25(35-5)14-29(4)27(21)32)26(31)19-7-10-22-24(11-19)38-16-37-22/h7-12,17-18,25,28H,6,13-16H2,1-5H3/t17-,18-,25-/m1/s1. The van der Waals surface area contributed by atoms with Crippen molar-refractivity contribution >= 4 is 27.5 Å². The van der Waals surface area contributed by atoms with Crippen LogP contribution >= 0.6 is 0 Å². The van der Waals surface area contributed by atoms with Crippen LogP contribution in [-0.2, 0) is 14.8 Å². The molecule has 0 aliphatic carbocycles. The molecule has 2 heterocycles. The van der Waals surface area contributed by atoms with Crippen molar-refractivity contribution in [3.8, 4) is 17.2 Å². The summed E-state index contributed by atoms with van der Waals surface area (Å²) in [6.07, 6.45) is -0.349. The summed E-state index contributed by atoms with van der Waals surface area (Å²) < 4.78 is 49.5. The third-order valence-electron chi connectivity index (χ3n) is 6.98. The van der Waals surface area contributed by atoms with Crippen LogP contribution in [0.1, 0.15) is 41.5 Å². The van der Waals surface area contributed by atoms with Crippen molar-refractivity contribution in [1.82, 2.24) is 9.80 Å². The Labute approximate surface area is 229 Å². The number of hydrogen-bond acceptors (Lipinski definition) is 8. The van der Waals surface area contributed by atoms with Crippen LogP contribution in [0.4, 0.5) is 5.69 Å². The predicted molar refractivity (Wildman–Crippen MR) is 145 cm³/mol. The summed E-state index contributed by atoms with van der Waals surface area (Å²) in [5.41, 5.74) is 1.01. The van der Waals surface area contributed by atoms with Crippen molar-refractivity contribution in [2.75, 3.05) is 51.1 Å². The van der Waals surface area contributed by atoms with Gasteiger partial charge in [-0.2, -0.15) is 0 Å². The molecule has 2 aromatic rings. The first-order valence-electron chi connectivity index (χ1n) is 12.8. The van der Waals surface area contributed by atoms with E-state index in [4.69, 9.17) is 18.9 Å². The van der Waals surface area contributed by atoms with E-state index in [1.165, 1.54) is 24.0 Å². The van der Waals surface area contributed by atoms with Gasteiger partial charge in [0.25, 0.3) is 11.8 Å². The van der Waals surface area contributed by atoms with Crippen molar-refractivity contribution in [2.45, 2.75) is 32.9 Å². The molecule has 0 bridgehead atoms. The van der Waals surface area contributed by atoms with Crippen molar-refractivity contribution in [3.63, 3.8) is 0 Å². The zero-order valence-corrected chi connectivity index (χ0v) is 23.6. The summed E-state index contributed by atoms with van der Waals surface area (Å²) in [6.45, 7) is 6.17. The highest BCUT2D eigenvalue weighted by molar-refractivity contribution is 7.92. The van der Waals surface area contributed by atoms with Crippen molar-refractivity contribution in [3.05, 3.63) is 47.5 Å². The molecule has 0 saturated carbocycles. The molecule has 2 aliphatic heterocycles. The molecule has 212 valence electrons. The maximum absolute atomic E-state index is 13.8. The molecule has 3 atom stereocenters. The number of carbonyl (C=O) groups excluding carboxylic acids is 2. The molecule has 0 aromatic heterocycles. The number of fused-ring (bicyclic) bond motifs is 2. The number of methoxy groups -OCH3 is 1. The smallest absolute Gasteiger partial charge is 0.257 e. The Kier molecular flexibility index (Phi) is 8.55. The van der Waals surface area contributed by atoms with E-state index < -0.39 is 16.1 Å². The molecule has 0 spiro atoms. The van der Waals surface area contributed by atoms with Crippen LogP contribution in [0.25, 0.3) is 0 Å². The predicted octanol–water partition coefficient (Wildman–Crippen LogP) is 2.82. The molecule has 0 radical (unpaired) electrons. The number of hydrogen-bond donors (Lipinski definition) is 1. The summed E-state index contributed by atoms with van der Waals surface area (Å²) in [4.78, 5) is 30.4. The number of rotatable bonds is 5. The maximum atomic E-state index is 13.8. The van der Waals surface area contributed by atoms with Crippen LogP contribution in [0.5, 0.6) is 17.2 Å². The van der Waals surface area contributed by atoms with Gasteiger partial charge >= 0.3 is 0 Å². The Morgan fingerprint density at radius 3 is 2.51 bits per heavy atom. The molecule has 39 heavy (non-hydrogen) atoms. The molecular weight excluding hydrogens is 526 g/mol. The van der Waals surface area contributed by atoms with Crippen molar-refractivity contribution < 1.29 is 37.0 Å². The lowest BCUT2D eigenvalue weighted by Crippen LogP contribution is -2.48. The van der Waals surface area contributed by atoms with Crippen LogP contribution in [-0.4, -0.2) is 88.6 Å². The van der Waals surface area contributed by atoms with Crippen LogP contribution in [0, 0.1) is 5.92 Å². The summed E-state index contributed by atoms with van der Waals surface area (Å²) in [5.74, 6) is 0.602. The van der Waals surface area contributed by atoms with Crippen LogP contribution in [0.2, 0.25) is 0 Å². The van der Waals surface area contributed by atoms with E-state index in [1.54, 1.807) is 43.3 Å². The Bertz CT molecular complexity index is 1330. The van der Waals surface area contributed by atoms with Gasteiger partial charge in [0.05, 0.1) is 29.1 Å². The molecule has 12 heteroatoms. The normalized spacial score (nSPS) is 21.9.